The van der Waals surface area contributed by atoms with Gasteiger partial charge < -0.3 is 14.6 Å². The zero-order valence-corrected chi connectivity index (χ0v) is 13.3. The summed E-state index contributed by atoms with van der Waals surface area (Å²) in [6.07, 6.45) is 0. The zero-order valence-electron chi connectivity index (χ0n) is 12.5. The van der Waals surface area contributed by atoms with Gasteiger partial charge in [-0.05, 0) is 12.1 Å². The molecule has 0 atom stereocenters. The Morgan fingerprint density at radius 3 is 2.91 bits per heavy atom. The Bertz CT molecular complexity index is 822. The third-order valence-electron chi connectivity index (χ3n) is 3.68. The third-order valence-corrected chi connectivity index (χ3v) is 4.54. The normalized spacial score (nSPS) is 11.0. The van der Waals surface area contributed by atoms with Crippen LogP contribution in [0.2, 0.25) is 0 Å². The van der Waals surface area contributed by atoms with Crippen molar-refractivity contribution < 1.29 is 9.90 Å². The van der Waals surface area contributed by atoms with E-state index in [1.54, 1.807) is 12.4 Å². The minimum atomic E-state index is -0.171. The minimum absolute atomic E-state index is 0.0531. The largest absolute Gasteiger partial charge is 0.395 e. The van der Waals surface area contributed by atoms with E-state index in [-0.39, 0.29) is 12.5 Å². The van der Waals surface area contributed by atoms with E-state index in [9.17, 15) is 4.79 Å². The molecule has 0 unspecified atom stereocenters. The number of carbonyl (C=O) groups is 1. The quantitative estimate of drug-likeness (QED) is 0.804. The molecule has 0 bridgehead atoms. The molecule has 1 aromatic carbocycles. The second-order valence-electron chi connectivity index (χ2n) is 5.14. The van der Waals surface area contributed by atoms with Crippen LogP contribution in [0.5, 0.6) is 0 Å². The van der Waals surface area contributed by atoms with Gasteiger partial charge in [0.2, 0.25) is 0 Å². The SMILES string of the molecule is CN(CCO)C(=O)c1csc(-c2cc3ccccc3n2C)n1. The van der Waals surface area contributed by atoms with Gasteiger partial charge in [0.05, 0.1) is 12.3 Å². The first-order valence-electron chi connectivity index (χ1n) is 6.98. The van der Waals surface area contributed by atoms with Crippen LogP contribution in [0.1, 0.15) is 10.5 Å². The number of thiazole rings is 1. The predicted molar refractivity (Wildman–Crippen MR) is 88.1 cm³/mol. The van der Waals surface area contributed by atoms with Crippen LogP contribution in [0.3, 0.4) is 0 Å². The fourth-order valence-electron chi connectivity index (χ4n) is 2.43. The molecule has 0 aliphatic rings. The van der Waals surface area contributed by atoms with Crippen molar-refractivity contribution in [3.63, 3.8) is 0 Å². The number of aryl methyl sites for hydroxylation is 1. The third kappa shape index (κ3) is 2.51. The number of rotatable bonds is 4. The van der Waals surface area contributed by atoms with Crippen molar-refractivity contribution in [1.29, 1.82) is 0 Å². The van der Waals surface area contributed by atoms with Crippen LogP contribution < -0.4 is 0 Å². The van der Waals surface area contributed by atoms with Crippen molar-refractivity contribution in [3.8, 4) is 10.7 Å². The molecule has 5 nitrogen and oxygen atoms in total. The number of carbonyl (C=O) groups excluding carboxylic acids is 1. The second-order valence-corrected chi connectivity index (χ2v) is 5.99. The van der Waals surface area contributed by atoms with Crippen LogP contribution in [0.25, 0.3) is 21.6 Å². The summed E-state index contributed by atoms with van der Waals surface area (Å²) in [7, 11) is 3.66. The van der Waals surface area contributed by atoms with Crippen LogP contribution >= 0.6 is 11.3 Å². The van der Waals surface area contributed by atoms with Crippen molar-refractivity contribution in [2.24, 2.45) is 7.05 Å². The van der Waals surface area contributed by atoms with E-state index in [4.69, 9.17) is 5.11 Å². The molecule has 1 amide bonds. The molecule has 3 aromatic rings. The second kappa shape index (κ2) is 5.90. The molecule has 0 fully saturated rings. The Morgan fingerprint density at radius 2 is 2.18 bits per heavy atom. The maximum Gasteiger partial charge on any atom is 0.273 e. The predicted octanol–water partition coefficient (Wildman–Crippen LogP) is 2.37. The number of hydrogen-bond donors (Lipinski definition) is 1. The van der Waals surface area contributed by atoms with Crippen LogP contribution in [-0.2, 0) is 7.05 Å². The Balaban J connectivity index is 1.96. The zero-order chi connectivity index (χ0) is 15.7. The van der Waals surface area contributed by atoms with Gasteiger partial charge in [0, 0.05) is 36.9 Å². The summed E-state index contributed by atoms with van der Waals surface area (Å²) in [5.41, 5.74) is 2.55. The molecule has 2 heterocycles. The molecule has 0 saturated carbocycles. The number of aliphatic hydroxyl groups is 1. The average molecular weight is 315 g/mol. The van der Waals surface area contributed by atoms with E-state index in [1.807, 2.05) is 19.2 Å². The van der Waals surface area contributed by atoms with Gasteiger partial charge >= 0.3 is 0 Å². The molecular weight excluding hydrogens is 298 g/mol. The standard InChI is InChI=1S/C16H17N3O2S/c1-18(7-8-20)16(21)12-10-22-15(17-12)14-9-11-5-3-4-6-13(11)19(14)2/h3-6,9-10,20H,7-8H2,1-2H3. The molecule has 6 heteroatoms. The van der Waals surface area contributed by atoms with Crippen molar-refractivity contribution in [2.75, 3.05) is 20.2 Å². The summed E-state index contributed by atoms with van der Waals surface area (Å²) < 4.78 is 2.08. The lowest BCUT2D eigenvalue weighted by molar-refractivity contribution is 0.0762. The molecule has 2 aromatic heterocycles. The van der Waals surface area contributed by atoms with Crippen LogP contribution in [-0.4, -0.2) is 45.7 Å². The lowest BCUT2D eigenvalue weighted by Crippen LogP contribution is -2.29. The lowest BCUT2D eigenvalue weighted by Gasteiger charge is -2.13. The first-order chi connectivity index (χ1) is 10.6. The Morgan fingerprint density at radius 1 is 1.41 bits per heavy atom. The number of fused-ring (bicyclic) bond motifs is 1. The average Bonchev–Trinajstić information content (AvgIpc) is 3.12. The summed E-state index contributed by atoms with van der Waals surface area (Å²) in [4.78, 5) is 18.1. The monoisotopic (exact) mass is 315 g/mol. The smallest absolute Gasteiger partial charge is 0.273 e. The highest BCUT2D eigenvalue weighted by Gasteiger charge is 2.17. The van der Waals surface area contributed by atoms with Crippen molar-refractivity contribution in [2.45, 2.75) is 0 Å². The fraction of sp³-hybridized carbons (Fsp3) is 0.250. The number of likely N-dealkylation sites (N-methyl/N-ethyl adjacent to an activating group) is 1. The van der Waals surface area contributed by atoms with Crippen LogP contribution in [0.4, 0.5) is 0 Å². The van der Waals surface area contributed by atoms with Gasteiger partial charge in [0.15, 0.2) is 0 Å². The molecule has 0 aliphatic carbocycles. The van der Waals surface area contributed by atoms with Crippen molar-refractivity contribution >= 4 is 28.1 Å². The Kier molecular flexibility index (Phi) is 3.96. The Labute approximate surface area is 132 Å². The topological polar surface area (TPSA) is 58.4 Å². The van der Waals surface area contributed by atoms with E-state index in [2.05, 4.69) is 27.8 Å². The van der Waals surface area contributed by atoms with Crippen LogP contribution in [0, 0.1) is 0 Å². The molecule has 1 N–H and O–H groups in total. The molecule has 0 aliphatic heterocycles. The molecule has 3 rings (SSSR count). The van der Waals surface area contributed by atoms with Gasteiger partial charge in [-0.2, -0.15) is 0 Å². The van der Waals surface area contributed by atoms with Gasteiger partial charge in [0.1, 0.15) is 10.7 Å². The summed E-state index contributed by atoms with van der Waals surface area (Å²) in [6.45, 7) is 0.252. The van der Waals surface area contributed by atoms with Crippen molar-refractivity contribution in [3.05, 3.63) is 41.4 Å². The fourth-order valence-corrected chi connectivity index (χ4v) is 3.28. The number of amides is 1. The number of para-hydroxylation sites is 1. The molecule has 0 spiro atoms. The number of aromatic nitrogens is 2. The first-order valence-corrected chi connectivity index (χ1v) is 7.86. The molecule has 0 radical (unpaired) electrons. The summed E-state index contributed by atoms with van der Waals surface area (Å²) in [5.74, 6) is -0.171. The number of benzene rings is 1. The summed E-state index contributed by atoms with van der Waals surface area (Å²) in [5, 5.41) is 12.7. The van der Waals surface area contributed by atoms with Gasteiger partial charge in [-0.25, -0.2) is 4.98 Å². The molecule has 0 saturated heterocycles. The van der Waals surface area contributed by atoms with E-state index in [0.717, 1.165) is 21.6 Å². The summed E-state index contributed by atoms with van der Waals surface area (Å²) in [6, 6.07) is 10.2. The maximum absolute atomic E-state index is 12.2. The molecule has 114 valence electrons. The molecular formula is C16H17N3O2S. The van der Waals surface area contributed by atoms with Crippen molar-refractivity contribution in [1.82, 2.24) is 14.5 Å². The number of hydrogen-bond acceptors (Lipinski definition) is 4. The number of aliphatic hydroxyl groups excluding tert-OH is 1. The van der Waals surface area contributed by atoms with Gasteiger partial charge in [-0.1, -0.05) is 18.2 Å². The minimum Gasteiger partial charge on any atom is -0.395 e. The lowest BCUT2D eigenvalue weighted by atomic mass is 10.2. The maximum atomic E-state index is 12.2. The van der Waals surface area contributed by atoms with E-state index in [0.29, 0.717) is 12.2 Å². The Hall–Kier alpha value is -2.18. The molecule has 22 heavy (non-hydrogen) atoms. The van der Waals surface area contributed by atoms with Gasteiger partial charge in [-0.3, -0.25) is 4.79 Å². The summed E-state index contributed by atoms with van der Waals surface area (Å²) >= 11 is 1.45. The van der Waals surface area contributed by atoms with Crippen LogP contribution in [0.15, 0.2) is 35.7 Å². The number of nitrogens with zero attached hydrogens (tertiary/aromatic N) is 3. The highest BCUT2D eigenvalue weighted by atomic mass is 32.1. The van der Waals surface area contributed by atoms with Gasteiger partial charge in [0.25, 0.3) is 5.91 Å². The van der Waals surface area contributed by atoms with E-state index >= 15 is 0 Å². The van der Waals surface area contributed by atoms with E-state index in [1.165, 1.54) is 16.2 Å². The van der Waals surface area contributed by atoms with E-state index < -0.39 is 0 Å². The van der Waals surface area contributed by atoms with Gasteiger partial charge in [-0.15, -0.1) is 11.3 Å². The highest BCUT2D eigenvalue weighted by molar-refractivity contribution is 7.13. The highest BCUT2D eigenvalue weighted by Crippen LogP contribution is 2.29. The first kappa shape index (κ1) is 14.7.